The Kier molecular flexibility index (Phi) is 13.9. The van der Waals surface area contributed by atoms with E-state index < -0.39 is 31.6 Å². The molecule has 0 nitrogen and oxygen atoms in total. The summed E-state index contributed by atoms with van der Waals surface area (Å²) < 4.78 is 6.57. The van der Waals surface area contributed by atoms with Gasteiger partial charge in [-0.25, -0.2) is 0 Å². The molecule has 0 radical (unpaired) electrons. The molecule has 0 heterocycles. The fourth-order valence-electron chi connectivity index (χ4n) is 4.86. The molecule has 1 aromatic rings. The Labute approximate surface area is 194 Å². The number of halogens is 1. The maximum absolute atomic E-state index is 6.31. The minimum atomic E-state index is -2.50. The van der Waals surface area contributed by atoms with Crippen LogP contribution in [-0.4, -0.2) is 31.6 Å². The summed E-state index contributed by atoms with van der Waals surface area (Å²) in [6.07, 6.45) is 8.31. The third-order valence-electron chi connectivity index (χ3n) is 7.32. The first-order chi connectivity index (χ1) is 14.0. The molecular formula is C26H47ClGeSn. The van der Waals surface area contributed by atoms with E-state index in [0.717, 1.165) is 5.02 Å². The molecule has 0 aliphatic rings. The predicted octanol–water partition coefficient (Wildman–Crippen LogP) is 10.2. The van der Waals surface area contributed by atoms with Crippen LogP contribution < -0.4 is 0 Å². The summed E-state index contributed by atoms with van der Waals surface area (Å²) >= 11 is 1.86. The summed E-state index contributed by atoms with van der Waals surface area (Å²) in [7, 11) is 0. The van der Waals surface area contributed by atoms with Gasteiger partial charge in [0.1, 0.15) is 0 Å². The van der Waals surface area contributed by atoms with Crippen LogP contribution in [0, 0.1) is 0 Å². The summed E-state index contributed by atoms with van der Waals surface area (Å²) in [5.41, 5.74) is 1.54. The van der Waals surface area contributed by atoms with Gasteiger partial charge >= 0.3 is 196 Å². The van der Waals surface area contributed by atoms with Crippen LogP contribution in [0.3, 0.4) is 0 Å². The number of unbranched alkanes of at least 4 members (excludes halogenated alkanes) is 3. The third kappa shape index (κ3) is 8.22. The van der Waals surface area contributed by atoms with Crippen LogP contribution in [0.5, 0.6) is 0 Å². The van der Waals surface area contributed by atoms with Crippen molar-refractivity contribution in [2.45, 2.75) is 109 Å². The van der Waals surface area contributed by atoms with E-state index in [0.29, 0.717) is 0 Å². The van der Waals surface area contributed by atoms with Crippen LogP contribution in [0.2, 0.25) is 34.1 Å². The number of rotatable bonds is 15. The Hall–Kier alpha value is 0.592. The van der Waals surface area contributed by atoms with Gasteiger partial charge in [-0.2, -0.15) is 0 Å². The van der Waals surface area contributed by atoms with Crippen LogP contribution in [0.1, 0.15) is 85.6 Å². The van der Waals surface area contributed by atoms with E-state index in [1.165, 1.54) is 54.3 Å². The van der Waals surface area contributed by atoms with E-state index >= 15 is 0 Å². The minimum absolute atomic E-state index is 0.874. The first-order valence-electron chi connectivity index (χ1n) is 12.5. The zero-order valence-electron chi connectivity index (χ0n) is 20.2. The zero-order valence-corrected chi connectivity index (χ0v) is 26.0. The van der Waals surface area contributed by atoms with Gasteiger partial charge in [-0.1, -0.05) is 0 Å². The molecule has 29 heavy (non-hydrogen) atoms. The topological polar surface area (TPSA) is 0 Å². The van der Waals surface area contributed by atoms with Crippen molar-refractivity contribution >= 4 is 46.8 Å². The van der Waals surface area contributed by atoms with Gasteiger partial charge < -0.3 is 0 Å². The van der Waals surface area contributed by atoms with E-state index in [-0.39, 0.29) is 0 Å². The van der Waals surface area contributed by atoms with Gasteiger partial charge in [-0.05, 0) is 0 Å². The van der Waals surface area contributed by atoms with Crippen LogP contribution in [0.15, 0.2) is 29.2 Å². The molecule has 0 bridgehead atoms. The molecular weight excluding hydrogens is 539 g/mol. The molecule has 0 N–H and O–H groups in total. The average molecular weight is 586 g/mol. The van der Waals surface area contributed by atoms with Crippen molar-refractivity contribution in [3.8, 4) is 0 Å². The molecule has 0 aliphatic heterocycles. The SMILES string of the molecule is CCC[CH2][Sn]([CH2]CCC)([CH2]CCC)/[C](=[CH]/[Ge]([CH2]C)([CH2]C)[CH2]C)c1ccc(Cl)cc1. The van der Waals surface area contributed by atoms with Crippen molar-refractivity contribution in [3.05, 3.63) is 39.8 Å². The summed E-state index contributed by atoms with van der Waals surface area (Å²) in [6.45, 7) is 14.6. The molecule has 0 aromatic heterocycles. The molecule has 3 heteroatoms. The summed E-state index contributed by atoms with van der Waals surface area (Å²) in [5, 5.41) is 5.17. The Bertz CT molecular complexity index is 559. The number of hydrogen-bond donors (Lipinski definition) is 0. The number of hydrogen-bond acceptors (Lipinski definition) is 0. The quantitative estimate of drug-likeness (QED) is 0.180. The summed E-state index contributed by atoms with van der Waals surface area (Å²) in [5.74, 6) is 0. The van der Waals surface area contributed by atoms with Crippen LogP contribution in [0.4, 0.5) is 0 Å². The van der Waals surface area contributed by atoms with Gasteiger partial charge in [0.2, 0.25) is 0 Å². The molecule has 166 valence electrons. The normalized spacial score (nSPS) is 13.1. The molecule has 1 aromatic carbocycles. The van der Waals surface area contributed by atoms with Crippen molar-refractivity contribution in [1.29, 1.82) is 0 Å². The Balaban J connectivity index is 3.68. The number of benzene rings is 1. The average Bonchev–Trinajstić information content (AvgIpc) is 2.76. The van der Waals surface area contributed by atoms with E-state index in [1.54, 1.807) is 18.9 Å². The summed E-state index contributed by atoms with van der Waals surface area (Å²) in [6, 6.07) is 8.99. The van der Waals surface area contributed by atoms with Gasteiger partial charge in [0.15, 0.2) is 0 Å². The predicted molar refractivity (Wildman–Crippen MR) is 142 cm³/mol. The Morgan fingerprint density at radius 1 is 0.759 bits per heavy atom. The van der Waals surface area contributed by atoms with Gasteiger partial charge in [0.05, 0.1) is 0 Å². The van der Waals surface area contributed by atoms with Crippen molar-refractivity contribution < 1.29 is 0 Å². The van der Waals surface area contributed by atoms with Crippen molar-refractivity contribution in [2.75, 3.05) is 0 Å². The second kappa shape index (κ2) is 14.6. The van der Waals surface area contributed by atoms with Crippen molar-refractivity contribution in [2.24, 2.45) is 0 Å². The second-order valence-corrected chi connectivity index (χ2v) is 33.4. The van der Waals surface area contributed by atoms with E-state index in [1.807, 2.05) is 3.59 Å². The van der Waals surface area contributed by atoms with E-state index in [2.05, 4.69) is 70.7 Å². The van der Waals surface area contributed by atoms with Crippen LogP contribution in [-0.2, 0) is 0 Å². The molecule has 0 amide bonds. The third-order valence-corrected chi connectivity index (χ3v) is 35.8. The molecule has 0 spiro atoms. The molecule has 0 aliphatic carbocycles. The van der Waals surface area contributed by atoms with Gasteiger partial charge in [-0.15, -0.1) is 0 Å². The van der Waals surface area contributed by atoms with Crippen molar-refractivity contribution in [1.82, 2.24) is 0 Å². The molecule has 0 unspecified atom stereocenters. The van der Waals surface area contributed by atoms with Gasteiger partial charge in [0, 0.05) is 0 Å². The Morgan fingerprint density at radius 2 is 1.17 bits per heavy atom. The molecule has 1 rings (SSSR count). The molecule has 0 saturated heterocycles. The Morgan fingerprint density at radius 3 is 1.52 bits per heavy atom. The maximum atomic E-state index is 6.31. The van der Waals surface area contributed by atoms with E-state index in [4.69, 9.17) is 11.6 Å². The van der Waals surface area contributed by atoms with Gasteiger partial charge in [0.25, 0.3) is 0 Å². The van der Waals surface area contributed by atoms with Crippen molar-refractivity contribution in [3.63, 3.8) is 0 Å². The van der Waals surface area contributed by atoms with Crippen LogP contribution >= 0.6 is 11.6 Å². The van der Waals surface area contributed by atoms with Crippen LogP contribution in [0.25, 0.3) is 3.59 Å². The second-order valence-electron chi connectivity index (χ2n) is 9.08. The molecule has 0 saturated carbocycles. The first kappa shape index (κ1) is 27.6. The fourth-order valence-corrected chi connectivity index (χ4v) is 36.3. The van der Waals surface area contributed by atoms with E-state index in [9.17, 15) is 0 Å². The molecule has 0 fully saturated rings. The van der Waals surface area contributed by atoms with Gasteiger partial charge in [-0.3, -0.25) is 0 Å². The first-order valence-corrected chi connectivity index (χ1v) is 26.0. The standard InChI is InChI=1S/C14H20ClGe.3C4H9.Sn/c1-4-16(5-2,6-3)12-11-13-7-9-14(15)10-8-13;3*1-3-4-2;/h7-10,12H,4-6H2,1-3H3;3*1,3-4H2,2H3;. The molecule has 0 atom stereocenters. The zero-order chi connectivity index (χ0) is 21.8. The monoisotopic (exact) mass is 588 g/mol. The fraction of sp³-hybridized carbons (Fsp3) is 0.692. The summed E-state index contributed by atoms with van der Waals surface area (Å²) in [4.78, 5) is 3.00.